The van der Waals surface area contributed by atoms with E-state index in [1.165, 1.54) is 6.42 Å². The molecule has 1 N–H and O–H groups in total. The van der Waals surface area contributed by atoms with Gasteiger partial charge in [0, 0.05) is 52.4 Å². The third-order valence-corrected chi connectivity index (χ3v) is 6.59. The highest BCUT2D eigenvalue weighted by molar-refractivity contribution is 5.84. The van der Waals surface area contributed by atoms with Crippen molar-refractivity contribution < 1.29 is 14.6 Å². The van der Waals surface area contributed by atoms with Crippen LogP contribution in [0.25, 0.3) is 0 Å². The van der Waals surface area contributed by atoms with Crippen LogP contribution in [0, 0.1) is 17.3 Å². The van der Waals surface area contributed by atoms with Crippen molar-refractivity contribution in [3.05, 3.63) is 0 Å². The second-order valence-electron chi connectivity index (χ2n) is 8.44. The van der Waals surface area contributed by atoms with Gasteiger partial charge in [-0.25, -0.2) is 0 Å². The molecule has 25 heavy (non-hydrogen) atoms. The van der Waals surface area contributed by atoms with Crippen molar-refractivity contribution in [3.8, 4) is 0 Å². The van der Waals surface area contributed by atoms with Crippen LogP contribution in [0.1, 0.15) is 25.7 Å². The smallest absolute Gasteiger partial charge is 0.231 e. The van der Waals surface area contributed by atoms with Gasteiger partial charge in [0.05, 0.1) is 12.0 Å². The van der Waals surface area contributed by atoms with Gasteiger partial charge in [-0.3, -0.25) is 4.79 Å². The Bertz CT molecular complexity index is 455. The lowest BCUT2D eigenvalue weighted by molar-refractivity contribution is -0.151. The number of aliphatic hydroxyl groups is 1. The predicted octanol–water partition coefficient (Wildman–Crippen LogP) is 0.508. The second-order valence-corrected chi connectivity index (χ2v) is 8.44. The lowest BCUT2D eigenvalue weighted by Crippen LogP contribution is -2.50. The molecule has 3 fully saturated rings. The van der Waals surface area contributed by atoms with Crippen LogP contribution in [0.5, 0.6) is 0 Å². The van der Waals surface area contributed by atoms with Gasteiger partial charge in [0.25, 0.3) is 0 Å². The van der Waals surface area contributed by atoms with Crippen molar-refractivity contribution in [2.75, 3.05) is 73.2 Å². The van der Waals surface area contributed by atoms with E-state index in [0.717, 1.165) is 58.5 Å². The Morgan fingerprint density at radius 2 is 1.88 bits per heavy atom. The van der Waals surface area contributed by atoms with Crippen LogP contribution < -0.4 is 0 Å². The number of aliphatic hydroxyl groups excluding tert-OH is 1. The molecule has 1 amide bonds. The Morgan fingerprint density at radius 1 is 1.12 bits per heavy atom. The highest BCUT2D eigenvalue weighted by atomic mass is 16.5. The van der Waals surface area contributed by atoms with Gasteiger partial charge in [0.2, 0.25) is 5.91 Å². The highest BCUT2D eigenvalue weighted by Gasteiger charge is 2.49. The molecule has 3 rings (SSSR count). The van der Waals surface area contributed by atoms with Gasteiger partial charge in [-0.2, -0.15) is 0 Å². The van der Waals surface area contributed by atoms with E-state index in [4.69, 9.17) is 4.74 Å². The van der Waals surface area contributed by atoms with Crippen molar-refractivity contribution in [1.82, 2.24) is 14.7 Å². The number of carbonyl (C=O) groups is 1. The number of rotatable bonds is 6. The lowest BCUT2D eigenvalue weighted by Gasteiger charge is -2.42. The average molecular weight is 354 g/mol. The normalized spacial score (nSPS) is 30.9. The summed E-state index contributed by atoms with van der Waals surface area (Å²) in [5.74, 6) is 0.860. The Labute approximate surface area is 152 Å². The summed E-state index contributed by atoms with van der Waals surface area (Å²) < 4.78 is 5.35. The zero-order valence-corrected chi connectivity index (χ0v) is 16.0. The quantitative estimate of drug-likeness (QED) is 0.754. The molecule has 2 aliphatic heterocycles. The van der Waals surface area contributed by atoms with Crippen LogP contribution in [0.15, 0.2) is 0 Å². The van der Waals surface area contributed by atoms with Crippen LogP contribution in [0.2, 0.25) is 0 Å². The molecule has 1 saturated carbocycles. The first-order valence-corrected chi connectivity index (χ1v) is 9.88. The molecule has 2 heterocycles. The Morgan fingerprint density at radius 3 is 2.52 bits per heavy atom. The first-order valence-electron chi connectivity index (χ1n) is 9.88. The molecule has 1 aliphatic carbocycles. The molecule has 0 aromatic rings. The van der Waals surface area contributed by atoms with Gasteiger partial charge in [-0.05, 0) is 45.3 Å². The average Bonchev–Trinajstić information content (AvgIpc) is 2.86. The van der Waals surface area contributed by atoms with Crippen molar-refractivity contribution in [1.29, 1.82) is 0 Å². The first kappa shape index (κ1) is 19.1. The third kappa shape index (κ3) is 4.18. The number of carbonyl (C=O) groups excluding carboxylic acids is 1. The topological polar surface area (TPSA) is 56.2 Å². The van der Waals surface area contributed by atoms with Crippen LogP contribution in [-0.4, -0.2) is 98.9 Å². The molecule has 2 saturated heterocycles. The number of likely N-dealkylation sites (tertiary alicyclic amines) is 1. The van der Waals surface area contributed by atoms with Gasteiger partial charge in [0.15, 0.2) is 0 Å². The van der Waals surface area contributed by atoms with E-state index in [1.54, 1.807) is 7.11 Å². The largest absolute Gasteiger partial charge is 0.396 e. The number of hydrogen-bond acceptors (Lipinski definition) is 5. The predicted molar refractivity (Wildman–Crippen MR) is 97.4 cm³/mol. The van der Waals surface area contributed by atoms with E-state index < -0.39 is 0 Å². The molecular weight excluding hydrogens is 318 g/mol. The van der Waals surface area contributed by atoms with E-state index >= 15 is 0 Å². The first-order chi connectivity index (χ1) is 12.1. The molecule has 6 nitrogen and oxygen atoms in total. The SMILES string of the molecule is COCC1(C(=O)N2CC(CO)C(CN3CCCN(C)CC3)C2)CCC1. The Hall–Kier alpha value is -0.690. The zero-order chi connectivity index (χ0) is 17.9. The molecule has 0 aromatic heterocycles. The summed E-state index contributed by atoms with van der Waals surface area (Å²) in [5, 5.41) is 9.85. The molecule has 0 radical (unpaired) electrons. The summed E-state index contributed by atoms with van der Waals surface area (Å²) in [7, 11) is 3.87. The summed E-state index contributed by atoms with van der Waals surface area (Å²) in [6.07, 6.45) is 4.22. The fraction of sp³-hybridized carbons (Fsp3) is 0.947. The van der Waals surface area contributed by atoms with E-state index in [1.807, 2.05) is 4.90 Å². The van der Waals surface area contributed by atoms with Crippen molar-refractivity contribution in [2.45, 2.75) is 25.7 Å². The minimum atomic E-state index is -0.283. The maximum absolute atomic E-state index is 13.1. The highest BCUT2D eigenvalue weighted by Crippen LogP contribution is 2.44. The minimum Gasteiger partial charge on any atom is -0.396 e. The lowest BCUT2D eigenvalue weighted by atomic mass is 9.68. The molecular formula is C19H35N3O3. The molecule has 2 atom stereocenters. The van der Waals surface area contributed by atoms with E-state index in [9.17, 15) is 9.90 Å². The number of likely N-dealkylation sites (N-methyl/N-ethyl adjacent to an activating group) is 1. The minimum absolute atomic E-state index is 0.180. The van der Waals surface area contributed by atoms with Crippen LogP contribution >= 0.6 is 0 Å². The van der Waals surface area contributed by atoms with Gasteiger partial charge >= 0.3 is 0 Å². The molecule has 0 aromatic carbocycles. The van der Waals surface area contributed by atoms with Gasteiger partial charge in [-0.15, -0.1) is 0 Å². The van der Waals surface area contributed by atoms with E-state index in [-0.39, 0.29) is 23.8 Å². The van der Waals surface area contributed by atoms with E-state index in [2.05, 4.69) is 16.8 Å². The zero-order valence-electron chi connectivity index (χ0n) is 16.0. The summed E-state index contributed by atoms with van der Waals surface area (Å²) in [4.78, 5) is 20.0. The molecule has 144 valence electrons. The van der Waals surface area contributed by atoms with E-state index in [0.29, 0.717) is 19.1 Å². The van der Waals surface area contributed by atoms with Gasteiger partial charge < -0.3 is 24.5 Å². The van der Waals surface area contributed by atoms with Gasteiger partial charge in [0.1, 0.15) is 0 Å². The number of hydrogen-bond donors (Lipinski definition) is 1. The number of methoxy groups -OCH3 is 1. The van der Waals surface area contributed by atoms with Crippen LogP contribution in [0.3, 0.4) is 0 Å². The Balaban J connectivity index is 1.59. The molecule has 3 aliphatic rings. The molecule has 2 unspecified atom stereocenters. The number of nitrogens with zero attached hydrogens (tertiary/aromatic N) is 3. The molecule has 0 bridgehead atoms. The fourth-order valence-corrected chi connectivity index (χ4v) is 4.77. The van der Waals surface area contributed by atoms with Gasteiger partial charge in [-0.1, -0.05) is 6.42 Å². The van der Waals surface area contributed by atoms with Crippen LogP contribution in [0.4, 0.5) is 0 Å². The second kappa shape index (κ2) is 8.33. The number of amides is 1. The van der Waals surface area contributed by atoms with Crippen molar-refractivity contribution in [3.63, 3.8) is 0 Å². The maximum atomic E-state index is 13.1. The Kier molecular flexibility index (Phi) is 6.36. The van der Waals surface area contributed by atoms with Crippen molar-refractivity contribution in [2.24, 2.45) is 17.3 Å². The maximum Gasteiger partial charge on any atom is 0.231 e. The third-order valence-electron chi connectivity index (χ3n) is 6.59. The fourth-order valence-electron chi connectivity index (χ4n) is 4.77. The summed E-state index contributed by atoms with van der Waals surface area (Å²) >= 11 is 0. The molecule has 6 heteroatoms. The summed E-state index contributed by atoms with van der Waals surface area (Å²) in [6, 6.07) is 0. The summed E-state index contributed by atoms with van der Waals surface area (Å²) in [6.45, 7) is 7.70. The monoisotopic (exact) mass is 353 g/mol. The summed E-state index contributed by atoms with van der Waals surface area (Å²) in [5.41, 5.74) is -0.283. The number of ether oxygens (including phenoxy) is 1. The van der Waals surface area contributed by atoms with Crippen LogP contribution in [-0.2, 0) is 9.53 Å². The van der Waals surface area contributed by atoms with Crippen molar-refractivity contribution >= 4 is 5.91 Å². The standard InChI is InChI=1S/C19H35N3O3/c1-20-7-4-8-21(10-9-20)11-16-12-22(13-17(16)14-23)18(24)19(15-25-2)5-3-6-19/h16-17,23H,3-15H2,1-2H3. The molecule has 0 spiro atoms.